The fraction of sp³-hybridized carbons (Fsp3) is 0.800. The SMILES string of the molecule is CC1CC1N(N=O)C(N)=O. The van der Waals surface area contributed by atoms with Gasteiger partial charge in [-0.1, -0.05) is 6.92 Å². The second kappa shape index (κ2) is 2.24. The van der Waals surface area contributed by atoms with Crippen LogP contribution in [0.15, 0.2) is 5.29 Å². The molecule has 0 bridgehead atoms. The largest absolute Gasteiger partial charge is 0.350 e. The Labute approximate surface area is 58.1 Å². The van der Waals surface area contributed by atoms with Crippen molar-refractivity contribution in [1.82, 2.24) is 5.01 Å². The lowest BCUT2D eigenvalue weighted by atomic mass is 10.5. The van der Waals surface area contributed by atoms with Gasteiger partial charge in [0.15, 0.2) is 0 Å². The maximum Gasteiger partial charge on any atom is 0.338 e. The summed E-state index contributed by atoms with van der Waals surface area (Å²) >= 11 is 0. The second-order valence-electron chi connectivity index (χ2n) is 2.54. The van der Waals surface area contributed by atoms with Crippen LogP contribution < -0.4 is 5.73 Å². The average molecular weight is 143 g/mol. The molecule has 1 saturated carbocycles. The van der Waals surface area contributed by atoms with Gasteiger partial charge in [-0.25, -0.2) is 4.79 Å². The molecule has 1 rings (SSSR count). The number of nitrogens with zero attached hydrogens (tertiary/aromatic N) is 2. The molecule has 5 heteroatoms. The Morgan fingerprint density at radius 1 is 1.80 bits per heavy atom. The number of hydrogen-bond acceptors (Lipinski definition) is 3. The zero-order valence-corrected chi connectivity index (χ0v) is 5.65. The van der Waals surface area contributed by atoms with E-state index in [0.29, 0.717) is 5.92 Å². The van der Waals surface area contributed by atoms with E-state index in [1.54, 1.807) is 0 Å². The van der Waals surface area contributed by atoms with Crippen molar-refractivity contribution >= 4 is 6.03 Å². The number of nitrogens with two attached hydrogens (primary N) is 1. The molecule has 1 aliphatic carbocycles. The van der Waals surface area contributed by atoms with Crippen LogP contribution >= 0.6 is 0 Å². The highest BCUT2D eigenvalue weighted by atomic mass is 16.3. The summed E-state index contributed by atoms with van der Waals surface area (Å²) in [4.78, 5) is 20.4. The van der Waals surface area contributed by atoms with Gasteiger partial charge in [0.2, 0.25) is 0 Å². The molecular formula is C5H9N3O2. The molecule has 2 amide bonds. The van der Waals surface area contributed by atoms with Crippen molar-refractivity contribution in [3.05, 3.63) is 4.91 Å². The van der Waals surface area contributed by atoms with Crippen molar-refractivity contribution in [2.24, 2.45) is 16.9 Å². The van der Waals surface area contributed by atoms with Gasteiger partial charge in [-0.2, -0.15) is 5.01 Å². The van der Waals surface area contributed by atoms with Crippen molar-refractivity contribution in [3.63, 3.8) is 0 Å². The number of hydrogen-bond donors (Lipinski definition) is 1. The van der Waals surface area contributed by atoms with Crippen molar-refractivity contribution in [2.45, 2.75) is 19.4 Å². The topological polar surface area (TPSA) is 75.8 Å². The van der Waals surface area contributed by atoms with Crippen LogP contribution in [-0.4, -0.2) is 17.1 Å². The summed E-state index contributed by atoms with van der Waals surface area (Å²) in [6, 6.07) is -0.806. The number of nitroso groups, excluding NO2 is 1. The standard InChI is InChI=1S/C5H9N3O2/c1-3-2-4(3)8(7-10)5(6)9/h3-4H,2H2,1H3,(H2,6,9). The summed E-state index contributed by atoms with van der Waals surface area (Å²) in [6.07, 6.45) is 0.828. The smallest absolute Gasteiger partial charge is 0.338 e. The number of primary amides is 1. The number of carbonyl (C=O) groups excluding carboxylic acids is 1. The number of carbonyl (C=O) groups is 1. The number of urea groups is 1. The van der Waals surface area contributed by atoms with Crippen LogP contribution in [0.3, 0.4) is 0 Å². The fourth-order valence-corrected chi connectivity index (χ4v) is 0.907. The summed E-state index contributed by atoms with van der Waals surface area (Å²) in [7, 11) is 0. The summed E-state index contributed by atoms with van der Waals surface area (Å²) in [5.41, 5.74) is 4.84. The highest BCUT2D eigenvalue weighted by Gasteiger charge is 2.41. The lowest BCUT2D eigenvalue weighted by Gasteiger charge is -2.07. The highest BCUT2D eigenvalue weighted by molar-refractivity contribution is 5.72. The van der Waals surface area contributed by atoms with Crippen LogP contribution in [0.4, 0.5) is 4.79 Å². The highest BCUT2D eigenvalue weighted by Crippen LogP contribution is 2.34. The first-order valence-corrected chi connectivity index (χ1v) is 3.08. The van der Waals surface area contributed by atoms with Gasteiger partial charge in [-0.3, -0.25) is 0 Å². The normalized spacial score (nSPS) is 29.3. The first-order valence-electron chi connectivity index (χ1n) is 3.08. The molecule has 0 aliphatic heterocycles. The van der Waals surface area contributed by atoms with E-state index in [1.807, 2.05) is 6.92 Å². The molecular weight excluding hydrogens is 134 g/mol. The van der Waals surface area contributed by atoms with Crippen LogP contribution in [-0.2, 0) is 0 Å². The number of rotatable bonds is 2. The van der Waals surface area contributed by atoms with Crippen LogP contribution in [0.5, 0.6) is 0 Å². The zero-order valence-electron chi connectivity index (χ0n) is 5.65. The minimum atomic E-state index is -0.760. The third-order valence-electron chi connectivity index (χ3n) is 1.69. The lowest BCUT2D eigenvalue weighted by Crippen LogP contribution is -2.33. The zero-order chi connectivity index (χ0) is 7.72. The van der Waals surface area contributed by atoms with Gasteiger partial charge in [0.05, 0.1) is 11.3 Å². The van der Waals surface area contributed by atoms with E-state index < -0.39 is 6.03 Å². The van der Waals surface area contributed by atoms with Crippen LogP contribution in [0.2, 0.25) is 0 Å². The van der Waals surface area contributed by atoms with Crippen LogP contribution in [0.25, 0.3) is 0 Å². The van der Waals surface area contributed by atoms with Crippen LogP contribution in [0.1, 0.15) is 13.3 Å². The Morgan fingerprint density at radius 2 is 2.30 bits per heavy atom. The van der Waals surface area contributed by atoms with Crippen molar-refractivity contribution in [2.75, 3.05) is 0 Å². The summed E-state index contributed by atoms with van der Waals surface area (Å²) in [5, 5.41) is 3.31. The molecule has 5 nitrogen and oxygen atoms in total. The minimum Gasteiger partial charge on any atom is -0.350 e. The molecule has 0 aromatic carbocycles. The Hall–Kier alpha value is -1.13. The van der Waals surface area contributed by atoms with Gasteiger partial charge in [0.25, 0.3) is 0 Å². The Kier molecular flexibility index (Phi) is 1.57. The van der Waals surface area contributed by atoms with Gasteiger partial charge in [0.1, 0.15) is 0 Å². The maximum absolute atomic E-state index is 10.4. The fourth-order valence-electron chi connectivity index (χ4n) is 0.907. The molecule has 0 saturated heterocycles. The third-order valence-corrected chi connectivity index (χ3v) is 1.69. The first-order chi connectivity index (χ1) is 4.66. The monoisotopic (exact) mass is 143 g/mol. The first kappa shape index (κ1) is 6.98. The van der Waals surface area contributed by atoms with Crippen molar-refractivity contribution < 1.29 is 4.79 Å². The van der Waals surface area contributed by atoms with Gasteiger partial charge in [-0.15, -0.1) is 4.91 Å². The van der Waals surface area contributed by atoms with E-state index in [1.165, 1.54) is 0 Å². The Bertz CT molecular complexity index is 170. The van der Waals surface area contributed by atoms with Crippen molar-refractivity contribution in [1.29, 1.82) is 0 Å². The maximum atomic E-state index is 10.4. The second-order valence-corrected chi connectivity index (χ2v) is 2.54. The van der Waals surface area contributed by atoms with Gasteiger partial charge >= 0.3 is 6.03 Å². The van der Waals surface area contributed by atoms with Gasteiger partial charge in [-0.05, 0) is 12.3 Å². The molecule has 0 spiro atoms. The molecule has 1 fully saturated rings. The van der Waals surface area contributed by atoms with E-state index >= 15 is 0 Å². The summed E-state index contributed by atoms with van der Waals surface area (Å²) in [6.45, 7) is 1.94. The predicted molar refractivity (Wildman–Crippen MR) is 34.8 cm³/mol. The molecule has 2 atom stereocenters. The molecule has 56 valence electrons. The molecule has 2 N–H and O–H groups in total. The van der Waals surface area contributed by atoms with Crippen molar-refractivity contribution in [3.8, 4) is 0 Å². The number of amides is 2. The average Bonchev–Trinajstić information content (AvgIpc) is 2.48. The Morgan fingerprint density at radius 3 is 2.40 bits per heavy atom. The summed E-state index contributed by atoms with van der Waals surface area (Å²) < 4.78 is 0. The third kappa shape index (κ3) is 1.07. The van der Waals surface area contributed by atoms with E-state index in [2.05, 4.69) is 5.29 Å². The van der Waals surface area contributed by atoms with Gasteiger partial charge in [0, 0.05) is 0 Å². The molecule has 1 aliphatic rings. The minimum absolute atomic E-state index is 0.0463. The Balaban J connectivity index is 2.50. The predicted octanol–water partition coefficient (Wildman–Crippen LogP) is 0.457. The molecule has 10 heavy (non-hydrogen) atoms. The molecule has 0 radical (unpaired) electrons. The molecule has 0 aromatic heterocycles. The molecule has 0 aromatic rings. The van der Waals surface area contributed by atoms with E-state index in [-0.39, 0.29) is 6.04 Å². The lowest BCUT2D eigenvalue weighted by molar-refractivity contribution is 0.204. The van der Waals surface area contributed by atoms with Crippen LogP contribution in [0, 0.1) is 10.8 Å². The quantitative estimate of drug-likeness (QED) is 0.450. The summed E-state index contributed by atoms with van der Waals surface area (Å²) in [5.74, 6) is 0.366. The molecule has 2 unspecified atom stereocenters. The van der Waals surface area contributed by atoms with E-state index in [9.17, 15) is 9.70 Å². The van der Waals surface area contributed by atoms with E-state index in [4.69, 9.17) is 5.73 Å². The molecule has 0 heterocycles. The van der Waals surface area contributed by atoms with Gasteiger partial charge < -0.3 is 5.73 Å². The van der Waals surface area contributed by atoms with E-state index in [0.717, 1.165) is 11.4 Å².